The number of nitrogen functional groups attached to an aromatic ring is 1. The fraction of sp³-hybridized carbons (Fsp3) is 0.182. The fourth-order valence-electron chi connectivity index (χ4n) is 1.34. The summed E-state index contributed by atoms with van der Waals surface area (Å²) < 4.78 is 13.0. The molecule has 0 aliphatic heterocycles. The van der Waals surface area contributed by atoms with Gasteiger partial charge in [-0.05, 0) is 18.2 Å². The van der Waals surface area contributed by atoms with Crippen LogP contribution in [-0.4, -0.2) is 34.1 Å². The Hall–Kier alpha value is -2.64. The standard InChI is InChI=1S/C11H11FN2O5/c12-5-1-2-7(13)6(3-5)10(17)14-8(11(18)19)4-9(15)16/h1-3,8H,4,13H2,(H,14,17)(H,15,16)(H,18,19). The van der Waals surface area contributed by atoms with Crippen LogP contribution in [0.4, 0.5) is 10.1 Å². The quantitative estimate of drug-likeness (QED) is 0.560. The van der Waals surface area contributed by atoms with Gasteiger partial charge in [0.25, 0.3) is 5.91 Å². The highest BCUT2D eigenvalue weighted by atomic mass is 19.1. The molecule has 5 N–H and O–H groups in total. The van der Waals surface area contributed by atoms with Crippen molar-refractivity contribution in [3.05, 3.63) is 29.6 Å². The van der Waals surface area contributed by atoms with Crippen LogP contribution in [0.15, 0.2) is 18.2 Å². The summed E-state index contributed by atoms with van der Waals surface area (Å²) in [6, 6.07) is 1.41. The van der Waals surface area contributed by atoms with Gasteiger partial charge in [0.15, 0.2) is 0 Å². The van der Waals surface area contributed by atoms with Crippen molar-refractivity contribution in [2.24, 2.45) is 0 Å². The van der Waals surface area contributed by atoms with Crippen LogP contribution in [-0.2, 0) is 9.59 Å². The van der Waals surface area contributed by atoms with Gasteiger partial charge in [-0.25, -0.2) is 9.18 Å². The molecule has 1 amide bonds. The molecule has 1 aromatic carbocycles. The molecule has 0 aromatic heterocycles. The molecule has 0 spiro atoms. The molecule has 8 heteroatoms. The van der Waals surface area contributed by atoms with E-state index in [4.69, 9.17) is 15.9 Å². The van der Waals surface area contributed by atoms with Gasteiger partial charge in [-0.2, -0.15) is 0 Å². The number of carbonyl (C=O) groups is 3. The van der Waals surface area contributed by atoms with Crippen molar-refractivity contribution in [2.75, 3.05) is 5.73 Å². The van der Waals surface area contributed by atoms with Crippen molar-refractivity contribution in [3.63, 3.8) is 0 Å². The summed E-state index contributed by atoms with van der Waals surface area (Å²) in [5.41, 5.74) is 5.16. The summed E-state index contributed by atoms with van der Waals surface area (Å²) in [6.45, 7) is 0. The van der Waals surface area contributed by atoms with Crippen molar-refractivity contribution in [2.45, 2.75) is 12.5 Å². The summed E-state index contributed by atoms with van der Waals surface area (Å²) in [4.78, 5) is 32.9. The number of nitrogens with one attached hydrogen (secondary N) is 1. The van der Waals surface area contributed by atoms with Crippen molar-refractivity contribution in [3.8, 4) is 0 Å². The lowest BCUT2D eigenvalue weighted by molar-refractivity contribution is -0.145. The first-order valence-electron chi connectivity index (χ1n) is 5.11. The van der Waals surface area contributed by atoms with Crippen LogP contribution in [0.5, 0.6) is 0 Å². The van der Waals surface area contributed by atoms with E-state index in [0.29, 0.717) is 0 Å². The van der Waals surface area contributed by atoms with E-state index < -0.39 is 36.1 Å². The minimum atomic E-state index is -1.62. The molecule has 19 heavy (non-hydrogen) atoms. The van der Waals surface area contributed by atoms with E-state index >= 15 is 0 Å². The highest BCUT2D eigenvalue weighted by Gasteiger charge is 2.24. The van der Waals surface area contributed by atoms with Gasteiger partial charge < -0.3 is 21.3 Å². The van der Waals surface area contributed by atoms with Crippen molar-refractivity contribution in [1.82, 2.24) is 5.32 Å². The number of hydrogen-bond donors (Lipinski definition) is 4. The number of nitrogens with two attached hydrogens (primary N) is 1. The number of amides is 1. The predicted octanol–water partition coefficient (Wildman–Crippen LogP) is 0.0656. The normalized spacial score (nSPS) is 11.6. The smallest absolute Gasteiger partial charge is 0.326 e. The molecule has 0 fully saturated rings. The second kappa shape index (κ2) is 5.80. The minimum Gasteiger partial charge on any atom is -0.481 e. The highest BCUT2D eigenvalue weighted by Crippen LogP contribution is 2.13. The zero-order valence-corrected chi connectivity index (χ0v) is 9.59. The molecule has 0 bridgehead atoms. The highest BCUT2D eigenvalue weighted by molar-refractivity contribution is 6.01. The zero-order chi connectivity index (χ0) is 14.6. The SMILES string of the molecule is Nc1ccc(F)cc1C(=O)NC(CC(=O)O)C(=O)O. The van der Waals surface area contributed by atoms with Crippen molar-refractivity contribution >= 4 is 23.5 Å². The van der Waals surface area contributed by atoms with E-state index in [1.54, 1.807) is 0 Å². The van der Waals surface area contributed by atoms with Crippen molar-refractivity contribution < 1.29 is 29.0 Å². The van der Waals surface area contributed by atoms with Gasteiger partial charge in [0.05, 0.1) is 12.0 Å². The average Bonchev–Trinajstić information content (AvgIpc) is 2.30. The van der Waals surface area contributed by atoms with Gasteiger partial charge in [0.1, 0.15) is 11.9 Å². The Kier molecular flexibility index (Phi) is 4.41. The molecule has 102 valence electrons. The lowest BCUT2D eigenvalue weighted by Crippen LogP contribution is -2.42. The number of rotatable bonds is 5. The Morgan fingerprint density at radius 1 is 1.32 bits per heavy atom. The Bertz CT molecular complexity index is 532. The van der Waals surface area contributed by atoms with Crippen LogP contribution in [0, 0.1) is 5.82 Å². The average molecular weight is 270 g/mol. The van der Waals surface area contributed by atoms with E-state index in [-0.39, 0.29) is 11.3 Å². The first-order valence-corrected chi connectivity index (χ1v) is 5.11. The summed E-state index contributed by atoms with van der Waals surface area (Å²) in [5.74, 6) is -4.57. The van der Waals surface area contributed by atoms with Crippen LogP contribution >= 0.6 is 0 Å². The maximum Gasteiger partial charge on any atom is 0.326 e. The molecule has 0 heterocycles. The first-order chi connectivity index (χ1) is 8.81. The van der Waals surface area contributed by atoms with Crippen LogP contribution < -0.4 is 11.1 Å². The summed E-state index contributed by atoms with van der Waals surface area (Å²) in [7, 11) is 0. The summed E-state index contributed by atoms with van der Waals surface area (Å²) >= 11 is 0. The second-order valence-corrected chi connectivity index (χ2v) is 3.69. The van der Waals surface area contributed by atoms with Crippen LogP contribution in [0.2, 0.25) is 0 Å². The molecule has 0 saturated heterocycles. The Balaban J connectivity index is 2.90. The van der Waals surface area contributed by atoms with E-state index in [0.717, 1.165) is 18.2 Å². The summed E-state index contributed by atoms with van der Waals surface area (Å²) in [5, 5.41) is 19.2. The zero-order valence-electron chi connectivity index (χ0n) is 9.59. The second-order valence-electron chi connectivity index (χ2n) is 3.69. The molecule has 1 rings (SSSR count). The van der Waals surface area contributed by atoms with Crippen LogP contribution in [0.3, 0.4) is 0 Å². The monoisotopic (exact) mass is 270 g/mol. The molecule has 0 saturated carbocycles. The van der Waals surface area contributed by atoms with E-state index in [9.17, 15) is 18.8 Å². The maximum absolute atomic E-state index is 13.0. The lowest BCUT2D eigenvalue weighted by Gasteiger charge is -2.13. The van der Waals surface area contributed by atoms with E-state index in [1.165, 1.54) is 0 Å². The largest absolute Gasteiger partial charge is 0.481 e. The molecule has 0 aliphatic carbocycles. The Labute approximate surface area is 106 Å². The van der Waals surface area contributed by atoms with E-state index in [1.807, 2.05) is 5.32 Å². The van der Waals surface area contributed by atoms with Gasteiger partial charge in [-0.3, -0.25) is 9.59 Å². The number of aliphatic carboxylic acids is 2. The number of carboxylic acids is 2. The summed E-state index contributed by atoms with van der Waals surface area (Å²) in [6.07, 6.45) is -0.795. The lowest BCUT2D eigenvalue weighted by atomic mass is 10.1. The molecule has 1 atom stereocenters. The molecular weight excluding hydrogens is 259 g/mol. The number of carboxylic acid groups (broad SMARTS) is 2. The maximum atomic E-state index is 13.0. The van der Waals surface area contributed by atoms with Crippen LogP contribution in [0.1, 0.15) is 16.8 Å². The van der Waals surface area contributed by atoms with Gasteiger partial charge in [-0.15, -0.1) is 0 Å². The number of carbonyl (C=O) groups excluding carboxylic acids is 1. The van der Waals surface area contributed by atoms with Gasteiger partial charge in [0.2, 0.25) is 0 Å². The Morgan fingerprint density at radius 3 is 2.47 bits per heavy atom. The third-order valence-corrected chi connectivity index (χ3v) is 2.24. The number of halogens is 1. The fourth-order valence-corrected chi connectivity index (χ4v) is 1.34. The topological polar surface area (TPSA) is 130 Å². The van der Waals surface area contributed by atoms with Crippen molar-refractivity contribution in [1.29, 1.82) is 0 Å². The number of hydrogen-bond acceptors (Lipinski definition) is 4. The molecule has 1 unspecified atom stereocenters. The number of anilines is 1. The first kappa shape index (κ1) is 14.4. The molecule has 7 nitrogen and oxygen atoms in total. The van der Waals surface area contributed by atoms with Gasteiger partial charge >= 0.3 is 11.9 Å². The van der Waals surface area contributed by atoms with Gasteiger partial charge in [-0.1, -0.05) is 0 Å². The van der Waals surface area contributed by atoms with E-state index in [2.05, 4.69) is 0 Å². The molecule has 0 aliphatic rings. The Morgan fingerprint density at radius 2 is 1.95 bits per heavy atom. The third-order valence-electron chi connectivity index (χ3n) is 2.24. The molecule has 1 aromatic rings. The van der Waals surface area contributed by atoms with Crippen LogP contribution in [0.25, 0.3) is 0 Å². The van der Waals surface area contributed by atoms with Gasteiger partial charge in [0, 0.05) is 5.69 Å². The third kappa shape index (κ3) is 3.95. The number of benzene rings is 1. The molecule has 0 radical (unpaired) electrons. The predicted molar refractivity (Wildman–Crippen MR) is 62.0 cm³/mol. The molecular formula is C11H11FN2O5. The minimum absolute atomic E-state index is 0.0432.